The minimum atomic E-state index is -0.178. The van der Waals surface area contributed by atoms with Gasteiger partial charge in [0.1, 0.15) is 11.5 Å². The van der Waals surface area contributed by atoms with Gasteiger partial charge in [-0.05, 0) is 24.1 Å². The minimum absolute atomic E-state index is 0.0132. The number of methoxy groups -OCH3 is 1. The third-order valence-corrected chi connectivity index (χ3v) is 6.76. The molecular weight excluding hydrogens is 460 g/mol. The number of amides is 1. The summed E-state index contributed by atoms with van der Waals surface area (Å²) < 4.78 is 17.2. The summed E-state index contributed by atoms with van der Waals surface area (Å²) in [5.41, 5.74) is 0.988. The van der Waals surface area contributed by atoms with Crippen molar-refractivity contribution in [3.05, 3.63) is 71.9 Å². The van der Waals surface area contributed by atoms with Crippen molar-refractivity contribution in [2.75, 3.05) is 33.8 Å². The quantitative estimate of drug-likeness (QED) is 0.361. The lowest BCUT2D eigenvalue weighted by Crippen LogP contribution is -2.39. The number of nitrogens with zero attached hydrogens (tertiary/aromatic N) is 5. The summed E-state index contributed by atoms with van der Waals surface area (Å²) in [7, 11) is 3.61. The Bertz CT molecular complexity index is 1290. The first-order chi connectivity index (χ1) is 17.6. The first kappa shape index (κ1) is 24.0. The number of fused-ring (bicyclic) bond motifs is 1. The largest absolute Gasteiger partial charge is 0.485 e. The van der Waals surface area contributed by atoms with Gasteiger partial charge in [-0.25, -0.2) is 0 Å². The fourth-order valence-corrected chi connectivity index (χ4v) is 4.68. The number of benzene rings is 2. The van der Waals surface area contributed by atoms with E-state index in [0.29, 0.717) is 23.9 Å². The molecule has 188 valence electrons. The van der Waals surface area contributed by atoms with Gasteiger partial charge in [0.2, 0.25) is 11.7 Å². The highest BCUT2D eigenvalue weighted by atomic mass is 16.5. The van der Waals surface area contributed by atoms with Crippen LogP contribution >= 0.6 is 0 Å². The third kappa shape index (κ3) is 5.39. The molecule has 0 unspecified atom stereocenters. The molecule has 0 spiro atoms. The number of likely N-dealkylation sites (N-methyl/N-ethyl adjacent to an activating group) is 1. The van der Waals surface area contributed by atoms with Crippen LogP contribution in [0.2, 0.25) is 0 Å². The Morgan fingerprint density at radius 3 is 2.97 bits per heavy atom. The fourth-order valence-electron chi connectivity index (χ4n) is 4.68. The summed E-state index contributed by atoms with van der Waals surface area (Å²) in [5, 5.41) is 15.8. The summed E-state index contributed by atoms with van der Waals surface area (Å²) in [4.78, 5) is 17.7. The average molecular weight is 491 g/mol. The predicted octanol–water partition coefficient (Wildman–Crippen LogP) is 2.99. The van der Waals surface area contributed by atoms with Crippen molar-refractivity contribution in [1.29, 1.82) is 0 Å². The molecule has 0 aliphatic carbocycles. The number of aromatic nitrogens is 4. The van der Waals surface area contributed by atoms with Gasteiger partial charge < -0.3 is 18.8 Å². The highest BCUT2D eigenvalue weighted by Crippen LogP contribution is 2.28. The lowest BCUT2D eigenvalue weighted by Gasteiger charge is -2.32. The molecule has 5 rings (SSSR count). The number of hydrogen-bond donors (Lipinski definition) is 1. The van der Waals surface area contributed by atoms with E-state index in [0.717, 1.165) is 35.8 Å². The van der Waals surface area contributed by atoms with Crippen LogP contribution in [-0.4, -0.2) is 76.2 Å². The number of hydrogen-bond acceptors (Lipinski definition) is 8. The normalized spacial score (nSPS) is 16.9. The molecule has 3 heterocycles. The number of aromatic amines is 1. The van der Waals surface area contributed by atoms with Gasteiger partial charge in [0.25, 0.3) is 0 Å². The second-order valence-electron chi connectivity index (χ2n) is 9.04. The molecule has 0 radical (unpaired) electrons. The second-order valence-corrected chi connectivity index (χ2v) is 9.04. The Morgan fingerprint density at radius 1 is 1.28 bits per heavy atom. The average Bonchev–Trinajstić information content (AvgIpc) is 3.67. The second kappa shape index (κ2) is 10.9. The van der Waals surface area contributed by atoms with E-state index in [-0.39, 0.29) is 31.1 Å². The number of rotatable bonds is 10. The first-order valence-electron chi connectivity index (χ1n) is 12.0. The maximum absolute atomic E-state index is 13.5. The molecule has 10 heteroatoms. The van der Waals surface area contributed by atoms with Crippen LogP contribution in [0, 0.1) is 0 Å². The van der Waals surface area contributed by atoms with Crippen LogP contribution in [0.3, 0.4) is 0 Å². The SMILES string of the molecule is CO[C@H]1CCN(C[C@H](c2cccc(OCc3nn[nH]n3)c2)N(C)C(=O)Cc2occ3ccccc23)C1. The Labute approximate surface area is 209 Å². The fraction of sp³-hybridized carbons (Fsp3) is 0.385. The zero-order valence-electron chi connectivity index (χ0n) is 20.5. The Kier molecular flexibility index (Phi) is 7.24. The lowest BCUT2D eigenvalue weighted by atomic mass is 10.0. The van der Waals surface area contributed by atoms with Gasteiger partial charge in [0, 0.05) is 44.6 Å². The van der Waals surface area contributed by atoms with Crippen LogP contribution in [0.1, 0.15) is 29.6 Å². The Hall–Kier alpha value is -3.76. The van der Waals surface area contributed by atoms with Crippen molar-refractivity contribution in [2.24, 2.45) is 0 Å². The number of tetrazole rings is 1. The maximum Gasteiger partial charge on any atom is 0.230 e. The van der Waals surface area contributed by atoms with E-state index in [1.165, 1.54) is 0 Å². The third-order valence-electron chi connectivity index (χ3n) is 6.76. The molecular formula is C26H30N6O4. The monoisotopic (exact) mass is 490 g/mol. The molecule has 1 amide bonds. The van der Waals surface area contributed by atoms with Crippen LogP contribution in [0.4, 0.5) is 0 Å². The predicted molar refractivity (Wildman–Crippen MR) is 132 cm³/mol. The number of ether oxygens (including phenoxy) is 2. The van der Waals surface area contributed by atoms with Gasteiger partial charge in [-0.2, -0.15) is 5.21 Å². The van der Waals surface area contributed by atoms with Crippen LogP contribution in [-0.2, 0) is 22.6 Å². The lowest BCUT2D eigenvalue weighted by molar-refractivity contribution is -0.132. The van der Waals surface area contributed by atoms with Crippen LogP contribution < -0.4 is 4.74 Å². The van der Waals surface area contributed by atoms with Crippen LogP contribution in [0.25, 0.3) is 10.8 Å². The molecule has 1 saturated heterocycles. The summed E-state index contributed by atoms with van der Waals surface area (Å²) in [5.74, 6) is 1.81. The van der Waals surface area contributed by atoms with Crippen molar-refractivity contribution in [1.82, 2.24) is 30.4 Å². The van der Waals surface area contributed by atoms with Crippen molar-refractivity contribution in [3.8, 4) is 5.75 Å². The zero-order valence-corrected chi connectivity index (χ0v) is 20.5. The topological polar surface area (TPSA) is 110 Å². The molecule has 1 N–H and O–H groups in total. The summed E-state index contributed by atoms with van der Waals surface area (Å²) in [6, 6.07) is 15.5. The molecule has 36 heavy (non-hydrogen) atoms. The Morgan fingerprint density at radius 2 is 2.17 bits per heavy atom. The molecule has 1 aliphatic rings. The molecule has 2 aromatic heterocycles. The standard InChI is InChI=1S/C26H30N6O4/c1-31(26(33)13-24-22-9-4-3-6-19(22)16-36-24)23(15-32-11-10-21(14-32)34-2)18-7-5-8-20(12-18)35-17-25-27-29-30-28-25/h3-9,12,16,21,23H,10-11,13-15,17H2,1-2H3,(H,27,28,29,30)/t21-,23+/m0/s1. The maximum atomic E-state index is 13.5. The molecule has 2 atom stereocenters. The van der Waals surface area contributed by atoms with Crippen LogP contribution in [0.5, 0.6) is 5.75 Å². The molecule has 10 nitrogen and oxygen atoms in total. The first-order valence-corrected chi connectivity index (χ1v) is 12.0. The number of H-pyrrole nitrogens is 1. The number of furan rings is 1. The van der Waals surface area contributed by atoms with Crippen LogP contribution in [0.15, 0.2) is 59.2 Å². The van der Waals surface area contributed by atoms with Crippen molar-refractivity contribution in [3.63, 3.8) is 0 Å². The van der Waals surface area contributed by atoms with E-state index < -0.39 is 0 Å². The molecule has 2 aromatic carbocycles. The molecule has 4 aromatic rings. The zero-order chi connectivity index (χ0) is 24.9. The van der Waals surface area contributed by atoms with Gasteiger partial charge in [-0.3, -0.25) is 9.69 Å². The number of likely N-dealkylation sites (tertiary alicyclic amines) is 1. The van der Waals surface area contributed by atoms with Gasteiger partial charge >= 0.3 is 0 Å². The smallest absolute Gasteiger partial charge is 0.230 e. The highest BCUT2D eigenvalue weighted by molar-refractivity contribution is 5.88. The van der Waals surface area contributed by atoms with E-state index in [4.69, 9.17) is 13.9 Å². The molecule has 1 aliphatic heterocycles. The number of carbonyl (C=O) groups excluding carboxylic acids is 1. The highest BCUT2D eigenvalue weighted by Gasteiger charge is 2.29. The Balaban J connectivity index is 1.36. The van der Waals surface area contributed by atoms with Gasteiger partial charge in [-0.15, -0.1) is 10.2 Å². The summed E-state index contributed by atoms with van der Waals surface area (Å²) in [6.07, 6.45) is 3.09. The summed E-state index contributed by atoms with van der Waals surface area (Å²) >= 11 is 0. The van der Waals surface area contributed by atoms with Gasteiger partial charge in [0.05, 0.1) is 24.8 Å². The van der Waals surface area contributed by atoms with Gasteiger partial charge in [-0.1, -0.05) is 41.6 Å². The van der Waals surface area contributed by atoms with Crippen molar-refractivity contribution < 1.29 is 18.7 Å². The summed E-state index contributed by atoms with van der Waals surface area (Å²) in [6.45, 7) is 2.65. The number of nitrogens with one attached hydrogen (secondary N) is 1. The van der Waals surface area contributed by atoms with E-state index in [2.05, 4.69) is 25.5 Å². The van der Waals surface area contributed by atoms with Gasteiger partial charge in [0.15, 0.2) is 6.61 Å². The minimum Gasteiger partial charge on any atom is -0.485 e. The van der Waals surface area contributed by atoms with Crippen molar-refractivity contribution in [2.45, 2.75) is 31.6 Å². The molecule has 0 bridgehead atoms. The van der Waals surface area contributed by atoms with E-state index in [9.17, 15) is 4.79 Å². The molecule has 1 fully saturated rings. The van der Waals surface area contributed by atoms with E-state index >= 15 is 0 Å². The molecule has 0 saturated carbocycles. The van der Waals surface area contributed by atoms with E-state index in [1.807, 2.05) is 60.5 Å². The van der Waals surface area contributed by atoms with Crippen molar-refractivity contribution >= 4 is 16.7 Å². The van der Waals surface area contributed by atoms with E-state index in [1.54, 1.807) is 13.4 Å². The number of carbonyl (C=O) groups is 1.